The van der Waals surface area contributed by atoms with Crippen LogP contribution in [-0.4, -0.2) is 24.5 Å². The monoisotopic (exact) mass is 238 g/mol. The van der Waals surface area contributed by atoms with E-state index in [1.807, 2.05) is 11.3 Å². The summed E-state index contributed by atoms with van der Waals surface area (Å²) >= 11 is 1.89. The van der Waals surface area contributed by atoms with Crippen molar-refractivity contribution in [1.29, 1.82) is 0 Å². The van der Waals surface area contributed by atoms with E-state index in [1.165, 1.54) is 47.7 Å². The molecular weight excluding hydrogens is 216 g/mol. The van der Waals surface area contributed by atoms with Crippen LogP contribution in [0.1, 0.15) is 40.6 Å². The summed E-state index contributed by atoms with van der Waals surface area (Å²) in [4.78, 5) is 5.42. The summed E-state index contributed by atoms with van der Waals surface area (Å²) in [6.07, 6.45) is 4.05. The van der Waals surface area contributed by atoms with Crippen LogP contribution in [0.25, 0.3) is 0 Å². The average molecular weight is 238 g/mol. The lowest BCUT2D eigenvalue weighted by Crippen LogP contribution is -2.37. The highest BCUT2D eigenvalue weighted by Crippen LogP contribution is 2.31. The Labute approximate surface area is 102 Å². The molecule has 1 atom stereocenters. The zero-order chi connectivity index (χ0) is 11.5. The lowest BCUT2D eigenvalue weighted by Gasteiger charge is -2.34. The summed E-state index contributed by atoms with van der Waals surface area (Å²) in [6.45, 7) is 7.59. The molecule has 0 amide bonds. The molecule has 90 valence electrons. The van der Waals surface area contributed by atoms with Gasteiger partial charge in [0.05, 0.1) is 0 Å². The van der Waals surface area contributed by atoms with Gasteiger partial charge in [0.2, 0.25) is 0 Å². The van der Waals surface area contributed by atoms with E-state index in [-0.39, 0.29) is 0 Å². The van der Waals surface area contributed by atoms with Crippen LogP contribution < -0.4 is 5.73 Å². The van der Waals surface area contributed by atoms with E-state index < -0.39 is 0 Å². The summed E-state index contributed by atoms with van der Waals surface area (Å²) in [7, 11) is 0. The first-order chi connectivity index (χ1) is 7.72. The highest BCUT2D eigenvalue weighted by molar-refractivity contribution is 7.12. The minimum absolute atomic E-state index is 0.449. The van der Waals surface area contributed by atoms with Crippen molar-refractivity contribution in [3.8, 4) is 0 Å². The molecule has 0 radical (unpaired) electrons. The molecule has 0 spiro atoms. The smallest absolute Gasteiger partial charge is 0.0481 e. The maximum Gasteiger partial charge on any atom is 0.0481 e. The molecule has 2 heterocycles. The quantitative estimate of drug-likeness (QED) is 0.877. The highest BCUT2D eigenvalue weighted by atomic mass is 32.1. The van der Waals surface area contributed by atoms with E-state index in [4.69, 9.17) is 5.73 Å². The third-order valence-electron chi connectivity index (χ3n) is 3.49. The number of nitrogens with zero attached hydrogens (tertiary/aromatic N) is 1. The molecule has 0 aliphatic carbocycles. The second kappa shape index (κ2) is 5.30. The first-order valence-corrected chi connectivity index (χ1v) is 7.05. The summed E-state index contributed by atoms with van der Waals surface area (Å²) in [5.74, 6) is 0. The van der Waals surface area contributed by atoms with Crippen molar-refractivity contribution in [1.82, 2.24) is 4.90 Å². The number of likely N-dealkylation sites (tertiary alicyclic amines) is 1. The van der Waals surface area contributed by atoms with Crippen LogP contribution in [0.2, 0.25) is 0 Å². The Morgan fingerprint density at radius 2 is 2.00 bits per heavy atom. The minimum Gasteiger partial charge on any atom is -0.329 e. The van der Waals surface area contributed by atoms with Crippen molar-refractivity contribution < 1.29 is 0 Å². The van der Waals surface area contributed by atoms with E-state index in [9.17, 15) is 0 Å². The normalized spacial score (nSPS) is 19.9. The molecule has 0 aromatic carbocycles. The fourth-order valence-corrected chi connectivity index (χ4v) is 3.67. The summed E-state index contributed by atoms with van der Waals surface area (Å²) in [5.41, 5.74) is 7.44. The zero-order valence-electron chi connectivity index (χ0n) is 10.3. The first kappa shape index (κ1) is 12.1. The van der Waals surface area contributed by atoms with Crippen LogP contribution in [0.3, 0.4) is 0 Å². The van der Waals surface area contributed by atoms with Crippen molar-refractivity contribution in [2.45, 2.75) is 39.2 Å². The molecule has 0 bridgehead atoms. The van der Waals surface area contributed by atoms with E-state index in [2.05, 4.69) is 24.8 Å². The first-order valence-electron chi connectivity index (χ1n) is 6.23. The van der Waals surface area contributed by atoms with Gasteiger partial charge in [-0.25, -0.2) is 0 Å². The van der Waals surface area contributed by atoms with Gasteiger partial charge in [-0.1, -0.05) is 6.42 Å². The predicted octanol–water partition coefficient (Wildman–Crippen LogP) is 2.85. The number of nitrogens with two attached hydrogens (primary N) is 1. The van der Waals surface area contributed by atoms with Crippen LogP contribution in [0.4, 0.5) is 0 Å². The number of piperidine rings is 1. The predicted molar refractivity (Wildman–Crippen MR) is 71.0 cm³/mol. The summed E-state index contributed by atoms with van der Waals surface area (Å²) in [5, 5.41) is 0. The number of aryl methyl sites for hydroxylation is 2. The van der Waals surface area contributed by atoms with Gasteiger partial charge in [0.15, 0.2) is 0 Å². The third-order valence-corrected chi connectivity index (χ3v) is 4.47. The topological polar surface area (TPSA) is 29.3 Å². The SMILES string of the molecule is Cc1cc(C(CN)N2CCCCC2)c(C)s1. The average Bonchev–Trinajstić information content (AvgIpc) is 2.61. The molecule has 1 fully saturated rings. The van der Waals surface area contributed by atoms with Crippen molar-refractivity contribution in [3.05, 3.63) is 21.4 Å². The number of thiophene rings is 1. The fourth-order valence-electron chi connectivity index (χ4n) is 2.68. The maximum absolute atomic E-state index is 5.98. The molecule has 1 saturated heterocycles. The lowest BCUT2D eigenvalue weighted by atomic mass is 10.0. The Bertz CT molecular complexity index is 340. The van der Waals surface area contributed by atoms with Gasteiger partial charge in [-0.3, -0.25) is 4.90 Å². The Balaban J connectivity index is 2.17. The molecule has 2 rings (SSSR count). The van der Waals surface area contributed by atoms with Gasteiger partial charge in [0.25, 0.3) is 0 Å². The van der Waals surface area contributed by atoms with Crippen molar-refractivity contribution >= 4 is 11.3 Å². The van der Waals surface area contributed by atoms with Gasteiger partial charge in [-0.2, -0.15) is 0 Å². The molecule has 2 nitrogen and oxygen atoms in total. The Morgan fingerprint density at radius 1 is 1.31 bits per heavy atom. The van der Waals surface area contributed by atoms with Crippen molar-refractivity contribution in [2.75, 3.05) is 19.6 Å². The molecule has 1 aliphatic heterocycles. The largest absolute Gasteiger partial charge is 0.329 e. The summed E-state index contributed by atoms with van der Waals surface area (Å²) in [6, 6.07) is 2.77. The second-order valence-corrected chi connectivity index (χ2v) is 6.18. The number of hydrogen-bond acceptors (Lipinski definition) is 3. The van der Waals surface area contributed by atoms with Crippen LogP contribution in [0.5, 0.6) is 0 Å². The molecule has 3 heteroatoms. The molecule has 16 heavy (non-hydrogen) atoms. The van der Waals surface area contributed by atoms with Gasteiger partial charge < -0.3 is 5.73 Å². The molecule has 2 N–H and O–H groups in total. The van der Waals surface area contributed by atoms with Crippen LogP contribution >= 0.6 is 11.3 Å². The van der Waals surface area contributed by atoms with Crippen molar-refractivity contribution in [2.24, 2.45) is 5.73 Å². The van der Waals surface area contributed by atoms with Crippen LogP contribution in [-0.2, 0) is 0 Å². The minimum atomic E-state index is 0.449. The molecule has 0 saturated carbocycles. The lowest BCUT2D eigenvalue weighted by molar-refractivity contribution is 0.167. The van der Waals surface area contributed by atoms with Gasteiger partial charge in [0.1, 0.15) is 0 Å². The van der Waals surface area contributed by atoms with Crippen molar-refractivity contribution in [3.63, 3.8) is 0 Å². The van der Waals surface area contributed by atoms with Crippen LogP contribution in [0.15, 0.2) is 6.07 Å². The van der Waals surface area contributed by atoms with Gasteiger partial charge in [-0.15, -0.1) is 11.3 Å². The fraction of sp³-hybridized carbons (Fsp3) is 0.692. The summed E-state index contributed by atoms with van der Waals surface area (Å²) < 4.78 is 0. The molecule has 1 aliphatic rings. The second-order valence-electron chi connectivity index (χ2n) is 4.72. The molecule has 1 aromatic heterocycles. The van der Waals surface area contributed by atoms with Gasteiger partial charge in [-0.05, 0) is 51.4 Å². The molecular formula is C13H22N2S. The third kappa shape index (κ3) is 2.47. The standard InChI is InChI=1S/C13H22N2S/c1-10-8-12(11(2)16-10)13(9-14)15-6-4-3-5-7-15/h8,13H,3-7,9,14H2,1-2H3. The molecule has 1 aromatic rings. The number of hydrogen-bond donors (Lipinski definition) is 1. The Morgan fingerprint density at radius 3 is 2.50 bits per heavy atom. The van der Waals surface area contributed by atoms with Gasteiger partial charge >= 0.3 is 0 Å². The maximum atomic E-state index is 5.98. The number of rotatable bonds is 3. The van der Waals surface area contributed by atoms with E-state index in [0.717, 1.165) is 6.54 Å². The Kier molecular flexibility index (Phi) is 4.00. The highest BCUT2D eigenvalue weighted by Gasteiger charge is 2.23. The Hall–Kier alpha value is -0.380. The van der Waals surface area contributed by atoms with E-state index >= 15 is 0 Å². The van der Waals surface area contributed by atoms with Gasteiger partial charge in [0, 0.05) is 22.3 Å². The molecule has 1 unspecified atom stereocenters. The van der Waals surface area contributed by atoms with E-state index in [1.54, 1.807) is 0 Å². The zero-order valence-corrected chi connectivity index (χ0v) is 11.1. The van der Waals surface area contributed by atoms with Crippen LogP contribution in [0, 0.1) is 13.8 Å². The van der Waals surface area contributed by atoms with E-state index in [0.29, 0.717) is 6.04 Å².